The molecule has 0 bridgehead atoms. The zero-order chi connectivity index (χ0) is 15.6. The maximum absolute atomic E-state index is 11.6. The van der Waals surface area contributed by atoms with Crippen molar-refractivity contribution < 1.29 is 19.4 Å². The Labute approximate surface area is 119 Å². The van der Waals surface area contributed by atoms with E-state index in [1.54, 1.807) is 26.0 Å². The van der Waals surface area contributed by atoms with Crippen LogP contribution in [-0.2, 0) is 14.3 Å². The molecule has 0 spiro atoms. The maximum atomic E-state index is 11.6. The van der Waals surface area contributed by atoms with Gasteiger partial charge in [-0.05, 0) is 37.1 Å². The van der Waals surface area contributed by atoms with Gasteiger partial charge in [-0.15, -0.1) is 0 Å². The zero-order valence-electron chi connectivity index (χ0n) is 12.7. The van der Waals surface area contributed by atoms with Gasteiger partial charge < -0.3 is 9.84 Å². The minimum Gasteiger partial charge on any atom is -0.466 e. The molecule has 0 saturated carbocycles. The summed E-state index contributed by atoms with van der Waals surface area (Å²) in [5.74, 6) is -0.420. The minimum absolute atomic E-state index is 0.0207. The first kappa shape index (κ1) is 16.4. The van der Waals surface area contributed by atoms with Gasteiger partial charge in [0.25, 0.3) is 0 Å². The molecular weight excluding hydrogens is 256 g/mol. The Bertz CT molecular complexity index is 509. The predicted molar refractivity (Wildman–Crippen MR) is 77.0 cm³/mol. The van der Waals surface area contributed by atoms with E-state index in [4.69, 9.17) is 0 Å². The molecule has 1 rings (SSSR count). The Morgan fingerprint density at radius 3 is 2.55 bits per heavy atom. The number of ketones is 1. The topological polar surface area (TPSA) is 63.6 Å². The number of rotatable bonds is 3. The summed E-state index contributed by atoms with van der Waals surface area (Å²) in [4.78, 5) is 22.8. The van der Waals surface area contributed by atoms with E-state index in [0.29, 0.717) is 11.1 Å². The number of esters is 1. The third kappa shape index (κ3) is 3.25. The van der Waals surface area contributed by atoms with Crippen molar-refractivity contribution in [3.05, 3.63) is 35.5 Å². The number of carbonyl (C=O) groups excluding carboxylic acids is 2. The van der Waals surface area contributed by atoms with Gasteiger partial charge in [0.2, 0.25) is 0 Å². The molecular formula is C16H22O4. The van der Waals surface area contributed by atoms with Gasteiger partial charge in [0.05, 0.1) is 7.11 Å². The van der Waals surface area contributed by atoms with E-state index in [1.807, 2.05) is 13.8 Å². The van der Waals surface area contributed by atoms with Crippen LogP contribution in [0.4, 0.5) is 0 Å². The molecule has 1 aliphatic rings. The van der Waals surface area contributed by atoms with Gasteiger partial charge in [0.1, 0.15) is 5.60 Å². The standard InChI is InChI=1S/C16H22O4/c1-11(8-14(18)20-5)6-7-16(19)12(2)9-13(17)10-15(16,3)4/h6-9,19H,10H2,1-5H3/b7-6+,11-8+/t16-/m0/s1. The van der Waals surface area contributed by atoms with Gasteiger partial charge in [-0.2, -0.15) is 0 Å². The number of aliphatic hydroxyl groups is 1. The molecule has 1 aliphatic carbocycles. The van der Waals surface area contributed by atoms with Crippen LogP contribution in [0.1, 0.15) is 34.1 Å². The summed E-state index contributed by atoms with van der Waals surface area (Å²) in [5.41, 5.74) is -0.511. The first-order chi connectivity index (χ1) is 9.12. The molecule has 0 aliphatic heterocycles. The molecule has 0 unspecified atom stereocenters. The van der Waals surface area contributed by atoms with E-state index in [0.717, 1.165) is 0 Å². The summed E-state index contributed by atoms with van der Waals surface area (Å²) >= 11 is 0. The summed E-state index contributed by atoms with van der Waals surface area (Å²) in [7, 11) is 1.31. The van der Waals surface area contributed by atoms with E-state index in [9.17, 15) is 14.7 Å². The zero-order valence-corrected chi connectivity index (χ0v) is 12.7. The molecule has 0 amide bonds. The Balaban J connectivity index is 3.10. The molecule has 0 saturated heterocycles. The van der Waals surface area contributed by atoms with Gasteiger partial charge >= 0.3 is 5.97 Å². The monoisotopic (exact) mass is 278 g/mol. The molecule has 0 radical (unpaired) electrons. The first-order valence-electron chi connectivity index (χ1n) is 6.52. The first-order valence-corrected chi connectivity index (χ1v) is 6.52. The quantitative estimate of drug-likeness (QED) is 0.489. The molecule has 4 nitrogen and oxygen atoms in total. The van der Waals surface area contributed by atoms with Crippen molar-refractivity contribution in [3.63, 3.8) is 0 Å². The molecule has 0 heterocycles. The van der Waals surface area contributed by atoms with Gasteiger partial charge in [0.15, 0.2) is 5.78 Å². The van der Waals surface area contributed by atoms with Gasteiger partial charge in [-0.3, -0.25) is 4.79 Å². The van der Waals surface area contributed by atoms with Crippen LogP contribution in [0.5, 0.6) is 0 Å². The van der Waals surface area contributed by atoms with Crippen molar-refractivity contribution in [2.24, 2.45) is 5.41 Å². The van der Waals surface area contributed by atoms with Gasteiger partial charge in [-0.1, -0.05) is 19.9 Å². The lowest BCUT2D eigenvalue weighted by Crippen LogP contribution is -2.48. The van der Waals surface area contributed by atoms with Crippen LogP contribution in [-0.4, -0.2) is 29.6 Å². The summed E-state index contributed by atoms with van der Waals surface area (Å²) in [6, 6.07) is 0. The number of ether oxygens (including phenoxy) is 1. The van der Waals surface area contributed by atoms with E-state index < -0.39 is 17.0 Å². The van der Waals surface area contributed by atoms with Crippen LogP contribution in [0.25, 0.3) is 0 Å². The van der Waals surface area contributed by atoms with Gasteiger partial charge in [0, 0.05) is 17.9 Å². The van der Waals surface area contributed by atoms with Crippen LogP contribution in [0.15, 0.2) is 35.5 Å². The third-order valence-electron chi connectivity index (χ3n) is 3.76. The van der Waals surface area contributed by atoms with Crippen LogP contribution in [0, 0.1) is 5.41 Å². The largest absolute Gasteiger partial charge is 0.466 e. The molecule has 1 N–H and O–H groups in total. The number of hydrogen-bond donors (Lipinski definition) is 1. The molecule has 0 aromatic heterocycles. The van der Waals surface area contributed by atoms with Crippen LogP contribution >= 0.6 is 0 Å². The highest BCUT2D eigenvalue weighted by molar-refractivity contribution is 5.92. The SMILES string of the molecule is COC(=O)/C=C(C)/C=C/[C@]1(O)C(C)=CC(=O)CC1(C)C. The molecule has 4 heteroatoms. The molecule has 0 aromatic carbocycles. The lowest BCUT2D eigenvalue weighted by Gasteiger charge is -2.43. The van der Waals surface area contributed by atoms with E-state index in [-0.39, 0.29) is 12.2 Å². The van der Waals surface area contributed by atoms with E-state index in [1.165, 1.54) is 19.3 Å². The number of carbonyl (C=O) groups is 2. The summed E-state index contributed by atoms with van der Waals surface area (Å²) < 4.78 is 4.55. The van der Waals surface area contributed by atoms with Crippen LogP contribution in [0.2, 0.25) is 0 Å². The third-order valence-corrected chi connectivity index (χ3v) is 3.76. The lowest BCUT2D eigenvalue weighted by atomic mass is 9.64. The molecule has 0 fully saturated rings. The minimum atomic E-state index is -1.20. The Hall–Kier alpha value is -1.68. The van der Waals surface area contributed by atoms with E-state index in [2.05, 4.69) is 4.74 Å². The second-order valence-corrected chi connectivity index (χ2v) is 5.87. The highest BCUT2D eigenvalue weighted by Crippen LogP contribution is 2.44. The second kappa shape index (κ2) is 5.75. The fourth-order valence-corrected chi connectivity index (χ4v) is 2.41. The van der Waals surface area contributed by atoms with Crippen LogP contribution in [0.3, 0.4) is 0 Å². The molecule has 20 heavy (non-hydrogen) atoms. The number of hydrogen-bond acceptors (Lipinski definition) is 4. The highest BCUT2D eigenvalue weighted by Gasteiger charge is 2.46. The van der Waals surface area contributed by atoms with Crippen molar-refractivity contribution in [1.82, 2.24) is 0 Å². The van der Waals surface area contributed by atoms with Crippen molar-refractivity contribution in [2.75, 3.05) is 7.11 Å². The van der Waals surface area contributed by atoms with Crippen molar-refractivity contribution >= 4 is 11.8 Å². The Morgan fingerprint density at radius 1 is 1.45 bits per heavy atom. The fourth-order valence-electron chi connectivity index (χ4n) is 2.41. The maximum Gasteiger partial charge on any atom is 0.330 e. The Morgan fingerprint density at radius 2 is 2.05 bits per heavy atom. The molecule has 0 aromatic rings. The predicted octanol–water partition coefficient (Wildman–Crippen LogP) is 2.34. The van der Waals surface area contributed by atoms with Crippen LogP contribution < -0.4 is 0 Å². The summed E-state index contributed by atoms with van der Waals surface area (Å²) in [5, 5.41) is 10.9. The van der Waals surface area contributed by atoms with Crippen molar-refractivity contribution in [1.29, 1.82) is 0 Å². The second-order valence-electron chi connectivity index (χ2n) is 5.87. The molecule has 110 valence electrons. The number of methoxy groups -OCH3 is 1. The smallest absolute Gasteiger partial charge is 0.330 e. The normalized spacial score (nSPS) is 26.6. The number of allylic oxidation sites excluding steroid dienone is 3. The summed E-state index contributed by atoms with van der Waals surface area (Å²) in [6.07, 6.45) is 6.42. The van der Waals surface area contributed by atoms with Crippen molar-refractivity contribution in [3.8, 4) is 0 Å². The average Bonchev–Trinajstić information content (AvgIpc) is 2.32. The average molecular weight is 278 g/mol. The molecule has 1 atom stereocenters. The van der Waals surface area contributed by atoms with Gasteiger partial charge in [-0.25, -0.2) is 4.79 Å². The lowest BCUT2D eigenvalue weighted by molar-refractivity contribution is -0.134. The van der Waals surface area contributed by atoms with Crippen molar-refractivity contribution in [2.45, 2.75) is 39.7 Å². The fraction of sp³-hybridized carbons (Fsp3) is 0.500. The Kier molecular flexibility index (Phi) is 4.71. The highest BCUT2D eigenvalue weighted by atomic mass is 16.5. The summed E-state index contributed by atoms with van der Waals surface area (Å²) in [6.45, 7) is 7.19. The van der Waals surface area contributed by atoms with E-state index >= 15 is 0 Å².